The van der Waals surface area contributed by atoms with E-state index in [0.29, 0.717) is 26.4 Å². The summed E-state index contributed by atoms with van der Waals surface area (Å²) in [5.74, 6) is 3.14. The van der Waals surface area contributed by atoms with Crippen LogP contribution in [0.2, 0.25) is 0 Å². The van der Waals surface area contributed by atoms with Gasteiger partial charge in [-0.1, -0.05) is 0 Å². The number of benzene rings is 1. The van der Waals surface area contributed by atoms with Gasteiger partial charge >= 0.3 is 0 Å². The van der Waals surface area contributed by atoms with Crippen LogP contribution in [0.25, 0.3) is 0 Å². The third kappa shape index (κ3) is 9.39. The van der Waals surface area contributed by atoms with Gasteiger partial charge in [0.05, 0.1) is 13.2 Å². The Balaban J connectivity index is 0.00000300. The number of ether oxygens (including phenoxy) is 4. The van der Waals surface area contributed by atoms with Crippen molar-refractivity contribution in [3.05, 3.63) is 18.2 Å². The minimum atomic E-state index is 0. The molecule has 164 valence electrons. The van der Waals surface area contributed by atoms with Gasteiger partial charge in [-0.15, -0.1) is 24.0 Å². The van der Waals surface area contributed by atoms with Gasteiger partial charge in [0.1, 0.15) is 0 Å². The molecule has 1 heterocycles. The fourth-order valence-corrected chi connectivity index (χ4v) is 2.83. The predicted molar refractivity (Wildman–Crippen MR) is 126 cm³/mol. The number of hydrogen-bond acceptors (Lipinski definition) is 5. The van der Waals surface area contributed by atoms with Crippen LogP contribution in [0.15, 0.2) is 23.2 Å². The molecule has 1 aliphatic carbocycles. The number of halogens is 1. The molecule has 0 saturated heterocycles. The zero-order valence-electron chi connectivity index (χ0n) is 17.3. The fraction of sp³-hybridized carbons (Fsp3) is 0.667. The van der Waals surface area contributed by atoms with Crippen LogP contribution in [0.4, 0.5) is 5.69 Å². The highest BCUT2D eigenvalue weighted by molar-refractivity contribution is 14.0. The Morgan fingerprint density at radius 3 is 2.76 bits per heavy atom. The van der Waals surface area contributed by atoms with Crippen molar-refractivity contribution in [2.45, 2.75) is 32.1 Å². The lowest BCUT2D eigenvalue weighted by Crippen LogP contribution is -2.32. The van der Waals surface area contributed by atoms with Crippen molar-refractivity contribution in [1.82, 2.24) is 5.32 Å². The summed E-state index contributed by atoms with van der Waals surface area (Å²) < 4.78 is 22.3. The third-order valence-corrected chi connectivity index (χ3v) is 4.60. The van der Waals surface area contributed by atoms with Crippen LogP contribution in [-0.2, 0) is 9.47 Å². The largest absolute Gasteiger partial charge is 0.490 e. The van der Waals surface area contributed by atoms with E-state index >= 15 is 0 Å². The summed E-state index contributed by atoms with van der Waals surface area (Å²) in [6.07, 6.45) is 5.39. The van der Waals surface area contributed by atoms with E-state index < -0.39 is 0 Å². The van der Waals surface area contributed by atoms with E-state index in [1.165, 1.54) is 12.8 Å². The van der Waals surface area contributed by atoms with Gasteiger partial charge in [0.25, 0.3) is 0 Å². The number of fused-ring (bicyclic) bond motifs is 1. The molecule has 3 rings (SSSR count). The molecule has 0 unspecified atom stereocenters. The molecule has 0 radical (unpaired) electrons. The smallest absolute Gasteiger partial charge is 0.195 e. The summed E-state index contributed by atoms with van der Waals surface area (Å²) >= 11 is 0. The van der Waals surface area contributed by atoms with Crippen LogP contribution in [0.5, 0.6) is 11.5 Å². The van der Waals surface area contributed by atoms with Crippen molar-refractivity contribution in [2.24, 2.45) is 10.9 Å². The molecule has 8 heteroatoms. The monoisotopic (exact) mass is 519 g/mol. The van der Waals surface area contributed by atoms with Gasteiger partial charge in [0.2, 0.25) is 0 Å². The van der Waals surface area contributed by atoms with Gasteiger partial charge < -0.3 is 29.6 Å². The summed E-state index contributed by atoms with van der Waals surface area (Å²) in [4.78, 5) is 4.64. The molecule has 2 N–H and O–H groups in total. The first-order valence-electron chi connectivity index (χ1n) is 10.4. The summed E-state index contributed by atoms with van der Waals surface area (Å²) in [5, 5.41) is 6.75. The number of anilines is 1. The molecule has 0 aromatic heterocycles. The van der Waals surface area contributed by atoms with Gasteiger partial charge in [-0.3, -0.25) is 4.99 Å². The average molecular weight is 519 g/mol. The van der Waals surface area contributed by atoms with Gasteiger partial charge in [-0.25, -0.2) is 0 Å². The maximum Gasteiger partial charge on any atom is 0.195 e. The van der Waals surface area contributed by atoms with Crippen LogP contribution < -0.4 is 20.1 Å². The number of guanidine groups is 1. The van der Waals surface area contributed by atoms with E-state index in [0.717, 1.165) is 68.1 Å². The van der Waals surface area contributed by atoms with Gasteiger partial charge in [0.15, 0.2) is 17.5 Å². The Labute approximate surface area is 190 Å². The molecule has 1 fully saturated rings. The average Bonchev–Trinajstić information content (AvgIpc) is 3.54. The molecule has 0 spiro atoms. The SMILES string of the molecule is COCCCN=C(NCCCOCC1CC1)Nc1ccc2c(c1)OCCCO2.I. The molecule has 29 heavy (non-hydrogen) atoms. The van der Waals surface area contributed by atoms with E-state index in [1.807, 2.05) is 18.2 Å². The number of nitrogens with zero attached hydrogens (tertiary/aromatic N) is 1. The standard InChI is InChI=1S/C21H33N3O4.HI/c1-25-11-2-9-22-21(23-10-3-12-26-16-17-5-6-17)24-18-7-8-19-20(15-18)28-14-4-13-27-19;/h7-8,15,17H,2-6,9-14,16H2,1H3,(H2,22,23,24);1H. The Bertz CT molecular complexity index is 626. The lowest BCUT2D eigenvalue weighted by atomic mass is 10.2. The predicted octanol–water partition coefficient (Wildman–Crippen LogP) is 3.68. The van der Waals surface area contributed by atoms with E-state index in [1.54, 1.807) is 7.11 Å². The first kappa shape index (κ1) is 24.0. The van der Waals surface area contributed by atoms with Crippen molar-refractivity contribution in [2.75, 3.05) is 58.6 Å². The number of rotatable bonds is 11. The molecule has 2 aliphatic rings. The molecular weight excluding hydrogens is 485 g/mol. The number of hydrogen-bond donors (Lipinski definition) is 2. The highest BCUT2D eigenvalue weighted by atomic mass is 127. The van der Waals surface area contributed by atoms with Crippen LogP contribution in [0, 0.1) is 5.92 Å². The Morgan fingerprint density at radius 1 is 1.14 bits per heavy atom. The molecule has 0 bridgehead atoms. The molecular formula is C21H34IN3O4. The lowest BCUT2D eigenvalue weighted by molar-refractivity contribution is 0.123. The minimum absolute atomic E-state index is 0. The normalized spacial score (nSPS) is 16.0. The van der Waals surface area contributed by atoms with Gasteiger partial charge in [-0.05, 0) is 43.7 Å². The van der Waals surface area contributed by atoms with Gasteiger partial charge in [0, 0.05) is 58.2 Å². The fourth-order valence-electron chi connectivity index (χ4n) is 2.83. The zero-order valence-corrected chi connectivity index (χ0v) is 19.6. The minimum Gasteiger partial charge on any atom is -0.490 e. The number of nitrogens with one attached hydrogen (secondary N) is 2. The molecule has 1 aliphatic heterocycles. The van der Waals surface area contributed by atoms with E-state index in [2.05, 4.69) is 15.6 Å². The summed E-state index contributed by atoms with van der Waals surface area (Å²) in [6, 6.07) is 5.89. The van der Waals surface area contributed by atoms with Gasteiger partial charge in [-0.2, -0.15) is 0 Å². The number of methoxy groups -OCH3 is 1. The van der Waals surface area contributed by atoms with E-state index in [-0.39, 0.29) is 24.0 Å². The molecule has 1 aromatic rings. The Kier molecular flexibility index (Phi) is 11.5. The van der Waals surface area contributed by atoms with Crippen molar-refractivity contribution in [1.29, 1.82) is 0 Å². The number of aliphatic imine (C=N–C) groups is 1. The second kappa shape index (κ2) is 13.9. The molecule has 7 nitrogen and oxygen atoms in total. The van der Waals surface area contributed by atoms with Crippen molar-refractivity contribution >= 4 is 35.6 Å². The van der Waals surface area contributed by atoms with Crippen LogP contribution in [-0.4, -0.2) is 59.2 Å². The Hall–Kier alpha value is -1.26. The van der Waals surface area contributed by atoms with E-state index in [4.69, 9.17) is 18.9 Å². The third-order valence-electron chi connectivity index (χ3n) is 4.60. The second-order valence-electron chi connectivity index (χ2n) is 7.21. The van der Waals surface area contributed by atoms with Crippen molar-refractivity contribution in [3.8, 4) is 11.5 Å². The highest BCUT2D eigenvalue weighted by Gasteiger charge is 2.20. The maximum atomic E-state index is 5.78. The van der Waals surface area contributed by atoms with Crippen molar-refractivity contribution in [3.63, 3.8) is 0 Å². The molecule has 0 amide bonds. The summed E-state index contributed by atoms with van der Waals surface area (Å²) in [6.45, 7) is 5.27. The Morgan fingerprint density at radius 2 is 1.97 bits per heavy atom. The van der Waals surface area contributed by atoms with Crippen LogP contribution in [0.3, 0.4) is 0 Å². The van der Waals surface area contributed by atoms with E-state index in [9.17, 15) is 0 Å². The topological polar surface area (TPSA) is 73.3 Å². The second-order valence-corrected chi connectivity index (χ2v) is 7.21. The first-order chi connectivity index (χ1) is 13.8. The van der Waals surface area contributed by atoms with Crippen LogP contribution in [0.1, 0.15) is 32.1 Å². The molecule has 0 atom stereocenters. The maximum absolute atomic E-state index is 5.78. The zero-order chi connectivity index (χ0) is 19.4. The highest BCUT2D eigenvalue weighted by Crippen LogP contribution is 2.32. The molecule has 1 saturated carbocycles. The lowest BCUT2D eigenvalue weighted by Gasteiger charge is -2.15. The summed E-state index contributed by atoms with van der Waals surface area (Å²) in [5.41, 5.74) is 0.923. The first-order valence-corrected chi connectivity index (χ1v) is 10.4. The van der Waals surface area contributed by atoms with Crippen molar-refractivity contribution < 1.29 is 18.9 Å². The van der Waals surface area contributed by atoms with Crippen LogP contribution >= 0.6 is 24.0 Å². The quantitative estimate of drug-likeness (QED) is 0.201. The summed E-state index contributed by atoms with van der Waals surface area (Å²) in [7, 11) is 1.71. The molecule has 1 aromatic carbocycles.